The third-order valence-corrected chi connectivity index (χ3v) is 3.02. The van der Waals surface area contributed by atoms with Crippen molar-refractivity contribution in [3.63, 3.8) is 0 Å². The standard InChI is InChI=1S/C15H12ClNO5/c1-2-21-14-8-3-10(9-13(14)16)15(18)22-12-6-4-11(5-7-12)17(19)20/h3-9H,2H2,1H3. The average Bonchev–Trinajstić information content (AvgIpc) is 2.50. The number of carbonyl (C=O) groups excluding carboxylic acids is 1. The first kappa shape index (κ1) is 15.8. The molecular formula is C15H12ClNO5. The summed E-state index contributed by atoms with van der Waals surface area (Å²) in [5, 5.41) is 10.9. The van der Waals surface area contributed by atoms with Crippen LogP contribution in [0.2, 0.25) is 5.02 Å². The number of halogens is 1. The summed E-state index contributed by atoms with van der Waals surface area (Å²) in [5.41, 5.74) is 0.177. The predicted molar refractivity (Wildman–Crippen MR) is 80.7 cm³/mol. The molecule has 0 amide bonds. The average molecular weight is 322 g/mol. The first-order valence-electron chi connectivity index (χ1n) is 6.40. The van der Waals surface area contributed by atoms with E-state index in [4.69, 9.17) is 21.1 Å². The zero-order chi connectivity index (χ0) is 16.1. The largest absolute Gasteiger partial charge is 0.492 e. The fourth-order valence-electron chi connectivity index (χ4n) is 1.70. The molecule has 0 saturated heterocycles. The van der Waals surface area contributed by atoms with Crippen molar-refractivity contribution in [2.75, 3.05) is 6.61 Å². The fraction of sp³-hybridized carbons (Fsp3) is 0.133. The highest BCUT2D eigenvalue weighted by atomic mass is 35.5. The Morgan fingerprint density at radius 2 is 1.91 bits per heavy atom. The van der Waals surface area contributed by atoms with Crippen LogP contribution in [0.5, 0.6) is 11.5 Å². The number of nitrogens with zero attached hydrogens (tertiary/aromatic N) is 1. The predicted octanol–water partition coefficient (Wildman–Crippen LogP) is 3.87. The van der Waals surface area contributed by atoms with E-state index in [1.54, 1.807) is 6.07 Å². The molecule has 6 nitrogen and oxygen atoms in total. The van der Waals surface area contributed by atoms with Crippen LogP contribution in [0.4, 0.5) is 5.69 Å². The minimum Gasteiger partial charge on any atom is -0.492 e. The third-order valence-electron chi connectivity index (χ3n) is 2.73. The van der Waals surface area contributed by atoms with E-state index in [-0.39, 0.29) is 17.0 Å². The molecule has 0 aliphatic heterocycles. The number of rotatable bonds is 5. The van der Waals surface area contributed by atoms with Crippen molar-refractivity contribution in [3.05, 3.63) is 63.2 Å². The van der Waals surface area contributed by atoms with Crippen molar-refractivity contribution in [2.24, 2.45) is 0 Å². The maximum atomic E-state index is 12.0. The number of esters is 1. The highest BCUT2D eigenvalue weighted by molar-refractivity contribution is 6.32. The maximum Gasteiger partial charge on any atom is 0.343 e. The van der Waals surface area contributed by atoms with Gasteiger partial charge in [-0.05, 0) is 37.3 Å². The summed E-state index contributed by atoms with van der Waals surface area (Å²) in [6.07, 6.45) is 0. The minimum absolute atomic E-state index is 0.0797. The molecule has 0 heterocycles. The third kappa shape index (κ3) is 3.73. The molecule has 0 unspecified atom stereocenters. The molecule has 0 radical (unpaired) electrons. The fourth-order valence-corrected chi connectivity index (χ4v) is 1.94. The molecule has 0 aliphatic rings. The molecule has 0 saturated carbocycles. The Bertz CT molecular complexity index is 700. The molecular weight excluding hydrogens is 310 g/mol. The van der Waals surface area contributed by atoms with Crippen molar-refractivity contribution in [1.29, 1.82) is 0 Å². The number of hydrogen-bond acceptors (Lipinski definition) is 5. The van der Waals surface area contributed by atoms with E-state index in [1.807, 2.05) is 6.92 Å². The van der Waals surface area contributed by atoms with Gasteiger partial charge in [0, 0.05) is 12.1 Å². The first-order chi connectivity index (χ1) is 10.5. The van der Waals surface area contributed by atoms with Crippen LogP contribution in [0, 0.1) is 10.1 Å². The Kier molecular flexibility index (Phi) is 4.95. The summed E-state index contributed by atoms with van der Waals surface area (Å²) in [6.45, 7) is 2.29. The Morgan fingerprint density at radius 3 is 2.45 bits per heavy atom. The molecule has 2 rings (SSSR count). The van der Waals surface area contributed by atoms with E-state index in [0.717, 1.165) is 0 Å². The SMILES string of the molecule is CCOc1ccc(C(=O)Oc2ccc([N+](=O)[O-])cc2)cc1Cl. The topological polar surface area (TPSA) is 78.7 Å². The molecule has 2 aromatic carbocycles. The van der Waals surface area contributed by atoms with Crippen molar-refractivity contribution >= 4 is 23.3 Å². The van der Waals surface area contributed by atoms with Crippen molar-refractivity contribution in [1.82, 2.24) is 0 Å². The Hall–Kier alpha value is -2.60. The van der Waals surface area contributed by atoms with Crippen LogP contribution >= 0.6 is 11.6 Å². The molecule has 0 aliphatic carbocycles. The molecule has 0 aromatic heterocycles. The zero-order valence-electron chi connectivity index (χ0n) is 11.6. The molecule has 2 aromatic rings. The van der Waals surface area contributed by atoms with Gasteiger partial charge < -0.3 is 9.47 Å². The first-order valence-corrected chi connectivity index (χ1v) is 6.78. The van der Waals surface area contributed by atoms with E-state index in [2.05, 4.69) is 0 Å². The van der Waals surface area contributed by atoms with Crippen molar-refractivity contribution < 1.29 is 19.2 Å². The second kappa shape index (κ2) is 6.91. The lowest BCUT2D eigenvalue weighted by Crippen LogP contribution is -2.08. The van der Waals surface area contributed by atoms with Crippen LogP contribution in [0.15, 0.2) is 42.5 Å². The van der Waals surface area contributed by atoms with Crippen LogP contribution in [0.3, 0.4) is 0 Å². The van der Waals surface area contributed by atoms with Gasteiger partial charge in [0.1, 0.15) is 11.5 Å². The van der Waals surface area contributed by atoms with Gasteiger partial charge in [-0.1, -0.05) is 11.6 Å². The van der Waals surface area contributed by atoms with E-state index >= 15 is 0 Å². The number of benzene rings is 2. The second-order valence-electron chi connectivity index (χ2n) is 4.22. The maximum absolute atomic E-state index is 12.0. The smallest absolute Gasteiger partial charge is 0.343 e. The lowest BCUT2D eigenvalue weighted by Gasteiger charge is -2.08. The summed E-state index contributed by atoms with van der Waals surface area (Å²) in [5.74, 6) is 0.0791. The Morgan fingerprint density at radius 1 is 1.23 bits per heavy atom. The monoisotopic (exact) mass is 321 g/mol. The molecule has 0 atom stereocenters. The summed E-state index contributed by atoms with van der Waals surface area (Å²) in [7, 11) is 0. The summed E-state index contributed by atoms with van der Waals surface area (Å²) in [4.78, 5) is 22.0. The number of carbonyl (C=O) groups is 1. The molecule has 0 fully saturated rings. The lowest BCUT2D eigenvalue weighted by atomic mass is 10.2. The molecule has 114 valence electrons. The van der Waals surface area contributed by atoms with Crippen LogP contribution in [-0.4, -0.2) is 17.5 Å². The highest BCUT2D eigenvalue weighted by Gasteiger charge is 2.12. The minimum atomic E-state index is -0.612. The number of non-ortho nitro benzene ring substituents is 1. The van der Waals surface area contributed by atoms with Gasteiger partial charge in [-0.2, -0.15) is 0 Å². The van der Waals surface area contributed by atoms with Crippen LogP contribution in [0.25, 0.3) is 0 Å². The van der Waals surface area contributed by atoms with E-state index in [1.165, 1.54) is 36.4 Å². The van der Waals surface area contributed by atoms with E-state index in [9.17, 15) is 14.9 Å². The molecule has 7 heteroatoms. The van der Waals surface area contributed by atoms with Gasteiger partial charge >= 0.3 is 5.97 Å². The molecule has 0 N–H and O–H groups in total. The number of hydrogen-bond donors (Lipinski definition) is 0. The van der Waals surface area contributed by atoms with E-state index < -0.39 is 10.9 Å². The number of ether oxygens (including phenoxy) is 2. The lowest BCUT2D eigenvalue weighted by molar-refractivity contribution is -0.384. The van der Waals surface area contributed by atoms with Gasteiger partial charge in [0.15, 0.2) is 0 Å². The van der Waals surface area contributed by atoms with Gasteiger partial charge in [0.25, 0.3) is 5.69 Å². The molecule has 0 bridgehead atoms. The van der Waals surface area contributed by atoms with Gasteiger partial charge in [-0.3, -0.25) is 10.1 Å². The van der Waals surface area contributed by atoms with Crippen LogP contribution < -0.4 is 9.47 Å². The van der Waals surface area contributed by atoms with Gasteiger partial charge in [0.2, 0.25) is 0 Å². The van der Waals surface area contributed by atoms with Gasteiger partial charge in [-0.15, -0.1) is 0 Å². The van der Waals surface area contributed by atoms with Crippen LogP contribution in [0.1, 0.15) is 17.3 Å². The Labute approximate surface area is 131 Å². The van der Waals surface area contributed by atoms with Gasteiger partial charge in [-0.25, -0.2) is 4.79 Å². The summed E-state index contributed by atoms with van der Waals surface area (Å²) in [6, 6.07) is 9.78. The molecule has 22 heavy (non-hydrogen) atoms. The number of nitro groups is 1. The van der Waals surface area contributed by atoms with Crippen molar-refractivity contribution in [2.45, 2.75) is 6.92 Å². The van der Waals surface area contributed by atoms with Crippen LogP contribution in [-0.2, 0) is 0 Å². The van der Waals surface area contributed by atoms with Crippen molar-refractivity contribution in [3.8, 4) is 11.5 Å². The number of nitro benzene ring substituents is 1. The quantitative estimate of drug-likeness (QED) is 0.361. The van der Waals surface area contributed by atoms with E-state index in [0.29, 0.717) is 17.4 Å². The molecule has 0 spiro atoms. The summed E-state index contributed by atoms with van der Waals surface area (Å²) < 4.78 is 10.4. The Balaban J connectivity index is 2.11. The summed E-state index contributed by atoms with van der Waals surface area (Å²) >= 11 is 6.00. The zero-order valence-corrected chi connectivity index (χ0v) is 12.4. The second-order valence-corrected chi connectivity index (χ2v) is 4.63. The van der Waals surface area contributed by atoms with Gasteiger partial charge in [0.05, 0.1) is 22.1 Å². The highest BCUT2D eigenvalue weighted by Crippen LogP contribution is 2.26. The normalized spacial score (nSPS) is 10.1.